The van der Waals surface area contributed by atoms with Crippen molar-refractivity contribution in [3.63, 3.8) is 0 Å². The summed E-state index contributed by atoms with van der Waals surface area (Å²) in [6.07, 6.45) is 1.85. The van der Waals surface area contributed by atoms with E-state index in [-0.39, 0.29) is 16.2 Å². The average molecular weight is 327 g/mol. The van der Waals surface area contributed by atoms with Gasteiger partial charge in [0.2, 0.25) is 10.0 Å². The third-order valence-electron chi connectivity index (χ3n) is 3.75. The van der Waals surface area contributed by atoms with Crippen LogP contribution in [0.4, 0.5) is 0 Å². The third-order valence-corrected chi connectivity index (χ3v) is 5.21. The molecule has 1 heterocycles. The number of hydrogen-bond donors (Lipinski definition) is 3. The van der Waals surface area contributed by atoms with Crippen LogP contribution in [0.2, 0.25) is 0 Å². The molecule has 0 bridgehead atoms. The second-order valence-electron chi connectivity index (χ2n) is 5.27. The molecule has 1 aliphatic rings. The molecule has 1 fully saturated rings. The monoisotopic (exact) mass is 327 g/mol. The van der Waals surface area contributed by atoms with E-state index in [1.54, 1.807) is 0 Å². The van der Waals surface area contributed by atoms with Crippen molar-refractivity contribution in [1.82, 2.24) is 10.0 Å². The van der Waals surface area contributed by atoms with E-state index >= 15 is 0 Å². The summed E-state index contributed by atoms with van der Waals surface area (Å²) in [4.78, 5) is 11.4. The smallest absolute Gasteiger partial charge is 0.252 e. The molecule has 7 nitrogen and oxygen atoms in total. The molecule has 4 N–H and O–H groups in total. The first-order valence-electron chi connectivity index (χ1n) is 7.12. The summed E-state index contributed by atoms with van der Waals surface area (Å²) >= 11 is 0. The summed E-state index contributed by atoms with van der Waals surface area (Å²) < 4.78 is 32.1. The molecule has 1 amide bonds. The fourth-order valence-corrected chi connectivity index (χ4v) is 3.56. The summed E-state index contributed by atoms with van der Waals surface area (Å²) in [5.74, 6) is 0.0224. The van der Waals surface area contributed by atoms with Gasteiger partial charge < -0.3 is 15.8 Å². The molecule has 1 atom stereocenters. The van der Waals surface area contributed by atoms with Gasteiger partial charge in [0.25, 0.3) is 5.91 Å². The molecule has 2 rings (SSSR count). The lowest BCUT2D eigenvalue weighted by Crippen LogP contribution is -2.27. The van der Waals surface area contributed by atoms with Crippen LogP contribution in [0.1, 0.15) is 23.2 Å². The molecule has 0 radical (unpaired) electrons. The topological polar surface area (TPSA) is 111 Å². The number of nitrogens with two attached hydrogens (primary N) is 1. The highest BCUT2D eigenvalue weighted by Crippen LogP contribution is 2.22. The fourth-order valence-electron chi connectivity index (χ4n) is 2.49. The van der Waals surface area contributed by atoms with Crippen LogP contribution in [0.15, 0.2) is 23.1 Å². The SMILES string of the molecule is COc1ccc(S(=O)(=O)NCCC2CCNC2)cc1C(N)=O. The molecule has 1 unspecified atom stereocenters. The van der Waals surface area contributed by atoms with Crippen LogP contribution in [0.3, 0.4) is 0 Å². The van der Waals surface area contributed by atoms with Gasteiger partial charge in [-0.2, -0.15) is 0 Å². The van der Waals surface area contributed by atoms with Crippen LogP contribution in [-0.4, -0.2) is 41.1 Å². The maximum atomic E-state index is 12.3. The highest BCUT2D eigenvalue weighted by molar-refractivity contribution is 7.89. The Hall–Kier alpha value is -1.64. The molecule has 1 aliphatic heterocycles. The molecule has 0 spiro atoms. The van der Waals surface area contributed by atoms with Crippen molar-refractivity contribution < 1.29 is 17.9 Å². The van der Waals surface area contributed by atoms with Crippen LogP contribution in [0, 0.1) is 5.92 Å². The quantitative estimate of drug-likeness (QED) is 0.656. The van der Waals surface area contributed by atoms with E-state index < -0.39 is 15.9 Å². The maximum Gasteiger partial charge on any atom is 0.252 e. The lowest BCUT2D eigenvalue weighted by atomic mass is 10.1. The maximum absolute atomic E-state index is 12.3. The molecule has 22 heavy (non-hydrogen) atoms. The molecule has 1 aromatic carbocycles. The first-order chi connectivity index (χ1) is 10.4. The Morgan fingerprint density at radius 2 is 2.27 bits per heavy atom. The third kappa shape index (κ3) is 3.96. The summed E-state index contributed by atoms with van der Waals surface area (Å²) in [6, 6.07) is 4.06. The highest BCUT2D eigenvalue weighted by atomic mass is 32.2. The Kier molecular flexibility index (Phi) is 5.38. The van der Waals surface area contributed by atoms with Crippen molar-refractivity contribution in [3.05, 3.63) is 23.8 Å². The van der Waals surface area contributed by atoms with Gasteiger partial charge in [-0.1, -0.05) is 0 Å². The lowest BCUT2D eigenvalue weighted by Gasteiger charge is -2.12. The Labute approximate surface area is 130 Å². The fraction of sp³-hybridized carbons (Fsp3) is 0.500. The molecular weight excluding hydrogens is 306 g/mol. The van der Waals surface area contributed by atoms with E-state index in [2.05, 4.69) is 10.0 Å². The largest absolute Gasteiger partial charge is 0.496 e. The normalized spacial score (nSPS) is 18.3. The van der Waals surface area contributed by atoms with Crippen LogP contribution in [-0.2, 0) is 10.0 Å². The van der Waals surface area contributed by atoms with Crippen molar-refractivity contribution >= 4 is 15.9 Å². The van der Waals surface area contributed by atoms with E-state index in [9.17, 15) is 13.2 Å². The first-order valence-corrected chi connectivity index (χ1v) is 8.60. The van der Waals surface area contributed by atoms with Gasteiger partial charge >= 0.3 is 0 Å². The second-order valence-corrected chi connectivity index (χ2v) is 7.04. The molecule has 0 aromatic heterocycles. The number of benzene rings is 1. The Balaban J connectivity index is 2.07. The summed E-state index contributed by atoms with van der Waals surface area (Å²) in [5, 5.41) is 3.24. The molecule has 8 heteroatoms. The van der Waals surface area contributed by atoms with E-state index in [1.807, 2.05) is 0 Å². The van der Waals surface area contributed by atoms with Gasteiger partial charge in [-0.15, -0.1) is 0 Å². The number of rotatable bonds is 7. The Morgan fingerprint density at radius 1 is 1.50 bits per heavy atom. The minimum Gasteiger partial charge on any atom is -0.496 e. The average Bonchev–Trinajstić information content (AvgIpc) is 2.99. The van der Waals surface area contributed by atoms with Crippen molar-refractivity contribution in [3.8, 4) is 5.75 Å². The van der Waals surface area contributed by atoms with Crippen molar-refractivity contribution in [2.24, 2.45) is 11.7 Å². The lowest BCUT2D eigenvalue weighted by molar-refractivity contribution is 0.0997. The number of carbonyl (C=O) groups excluding carboxylic acids is 1. The first kappa shape index (κ1) is 16.7. The van der Waals surface area contributed by atoms with Crippen molar-refractivity contribution in [2.45, 2.75) is 17.7 Å². The van der Waals surface area contributed by atoms with Gasteiger partial charge in [-0.25, -0.2) is 13.1 Å². The predicted molar refractivity (Wildman–Crippen MR) is 82.3 cm³/mol. The van der Waals surface area contributed by atoms with Gasteiger partial charge in [0.15, 0.2) is 0 Å². The Morgan fingerprint density at radius 3 is 2.86 bits per heavy atom. The van der Waals surface area contributed by atoms with Crippen molar-refractivity contribution in [2.75, 3.05) is 26.7 Å². The molecule has 122 valence electrons. The van der Waals surface area contributed by atoms with Crippen LogP contribution < -0.4 is 20.5 Å². The van der Waals surface area contributed by atoms with E-state index in [0.29, 0.717) is 12.5 Å². The van der Waals surface area contributed by atoms with Gasteiger partial charge in [-0.3, -0.25) is 4.79 Å². The Bertz CT molecular complexity index is 639. The zero-order chi connectivity index (χ0) is 16.2. The van der Waals surface area contributed by atoms with Crippen LogP contribution in [0.5, 0.6) is 5.75 Å². The standard InChI is InChI=1S/C14H21N3O4S/c1-21-13-3-2-11(8-12(13)14(15)18)22(19,20)17-7-5-10-4-6-16-9-10/h2-3,8,10,16-17H,4-7,9H2,1H3,(H2,15,18). The zero-order valence-corrected chi connectivity index (χ0v) is 13.3. The van der Waals surface area contributed by atoms with Gasteiger partial charge in [-0.05, 0) is 50.0 Å². The van der Waals surface area contributed by atoms with E-state index in [4.69, 9.17) is 10.5 Å². The molecule has 0 saturated carbocycles. The molecular formula is C14H21N3O4S. The zero-order valence-electron chi connectivity index (χ0n) is 12.5. The number of hydrogen-bond acceptors (Lipinski definition) is 5. The van der Waals surface area contributed by atoms with Crippen LogP contribution >= 0.6 is 0 Å². The van der Waals surface area contributed by atoms with Crippen molar-refractivity contribution in [1.29, 1.82) is 0 Å². The van der Waals surface area contributed by atoms with E-state index in [0.717, 1.165) is 25.9 Å². The highest BCUT2D eigenvalue weighted by Gasteiger charge is 2.20. The molecule has 1 aromatic rings. The predicted octanol–water partition coefficient (Wildman–Crippen LogP) is 0.0720. The summed E-state index contributed by atoms with van der Waals surface area (Å²) in [7, 11) is -2.27. The number of ether oxygens (including phenoxy) is 1. The number of methoxy groups -OCH3 is 1. The molecule has 1 saturated heterocycles. The summed E-state index contributed by atoms with van der Waals surface area (Å²) in [5.41, 5.74) is 5.29. The minimum absolute atomic E-state index is 0.00615. The van der Waals surface area contributed by atoms with Crippen LogP contribution in [0.25, 0.3) is 0 Å². The number of primary amides is 1. The van der Waals surface area contributed by atoms with E-state index in [1.165, 1.54) is 25.3 Å². The van der Waals surface area contributed by atoms with Gasteiger partial charge in [0, 0.05) is 6.54 Å². The minimum atomic E-state index is -3.67. The second kappa shape index (κ2) is 7.08. The number of amides is 1. The number of carbonyl (C=O) groups is 1. The summed E-state index contributed by atoms with van der Waals surface area (Å²) in [6.45, 7) is 2.28. The molecule has 0 aliphatic carbocycles. The number of nitrogens with one attached hydrogen (secondary N) is 2. The van der Waals surface area contributed by atoms with Gasteiger partial charge in [0.05, 0.1) is 17.6 Å². The van der Waals surface area contributed by atoms with Gasteiger partial charge in [0.1, 0.15) is 5.75 Å². The number of sulfonamides is 1.